The molecule has 2 heterocycles. The highest BCUT2D eigenvalue weighted by atomic mass is 16.5. The molecule has 4 rings (SSSR count). The number of hydrogen-bond acceptors (Lipinski definition) is 6. The molecule has 7 nitrogen and oxygen atoms in total. The molecule has 160 valence electrons. The lowest BCUT2D eigenvalue weighted by Gasteiger charge is -2.15. The quantitative estimate of drug-likeness (QED) is 0.582. The van der Waals surface area contributed by atoms with Crippen LogP contribution in [0.1, 0.15) is 30.1 Å². The number of ether oxygens (including phenoxy) is 3. The third-order valence-corrected chi connectivity index (χ3v) is 5.11. The van der Waals surface area contributed by atoms with Crippen molar-refractivity contribution in [2.75, 3.05) is 18.5 Å². The average Bonchev–Trinajstić information content (AvgIpc) is 3.32. The van der Waals surface area contributed by atoms with Gasteiger partial charge in [0.15, 0.2) is 6.10 Å². The van der Waals surface area contributed by atoms with Gasteiger partial charge in [0.2, 0.25) is 0 Å². The molecule has 31 heavy (non-hydrogen) atoms. The minimum absolute atomic E-state index is 0.126. The Hall–Kier alpha value is -3.45. The van der Waals surface area contributed by atoms with E-state index in [1.165, 1.54) is 6.92 Å². The number of fused-ring (bicyclic) bond motifs is 1. The van der Waals surface area contributed by atoms with Gasteiger partial charge in [-0.25, -0.2) is 4.79 Å². The number of anilines is 1. The number of benzene rings is 2. The number of pyridine rings is 1. The third kappa shape index (κ3) is 5.19. The highest BCUT2D eigenvalue weighted by Gasteiger charge is 2.20. The van der Waals surface area contributed by atoms with Gasteiger partial charge in [0.05, 0.1) is 22.9 Å². The first-order valence-corrected chi connectivity index (χ1v) is 10.3. The van der Waals surface area contributed by atoms with Crippen LogP contribution >= 0.6 is 0 Å². The standard InChI is InChI=1S/C24H24N2O5/c1-16(23(27)26-22-8-2-7-21-20(22)6-3-13-25-21)31-24(28)17-9-11-18(12-10-17)30-15-19-5-4-14-29-19/h2-3,6-13,16,19H,4-5,14-15H2,1H3,(H,26,27). The van der Waals surface area contributed by atoms with Crippen molar-refractivity contribution in [2.45, 2.75) is 32.0 Å². The van der Waals surface area contributed by atoms with Crippen molar-refractivity contribution in [3.63, 3.8) is 0 Å². The summed E-state index contributed by atoms with van der Waals surface area (Å²) in [6, 6.07) is 15.8. The van der Waals surface area contributed by atoms with Crippen LogP contribution in [0, 0.1) is 0 Å². The van der Waals surface area contributed by atoms with Crippen molar-refractivity contribution in [1.82, 2.24) is 4.98 Å². The minimum Gasteiger partial charge on any atom is -0.491 e. The second-order valence-corrected chi connectivity index (χ2v) is 7.38. The Labute approximate surface area is 180 Å². The van der Waals surface area contributed by atoms with Crippen LogP contribution in [0.3, 0.4) is 0 Å². The van der Waals surface area contributed by atoms with E-state index in [2.05, 4.69) is 10.3 Å². The Kier molecular flexibility index (Phi) is 6.43. The largest absolute Gasteiger partial charge is 0.491 e. The summed E-state index contributed by atoms with van der Waals surface area (Å²) in [6.07, 6.45) is 2.91. The van der Waals surface area contributed by atoms with Gasteiger partial charge in [-0.2, -0.15) is 0 Å². The van der Waals surface area contributed by atoms with Crippen molar-refractivity contribution < 1.29 is 23.8 Å². The van der Waals surface area contributed by atoms with Gasteiger partial charge in [0.1, 0.15) is 12.4 Å². The summed E-state index contributed by atoms with van der Waals surface area (Å²) >= 11 is 0. The molecule has 1 N–H and O–H groups in total. The molecule has 0 saturated carbocycles. The molecular weight excluding hydrogens is 396 g/mol. The third-order valence-electron chi connectivity index (χ3n) is 5.11. The lowest BCUT2D eigenvalue weighted by atomic mass is 10.1. The van der Waals surface area contributed by atoms with Gasteiger partial charge in [-0.3, -0.25) is 9.78 Å². The topological polar surface area (TPSA) is 86.8 Å². The minimum atomic E-state index is -0.963. The zero-order valence-electron chi connectivity index (χ0n) is 17.2. The second kappa shape index (κ2) is 9.57. The molecule has 2 atom stereocenters. The smallest absolute Gasteiger partial charge is 0.338 e. The van der Waals surface area contributed by atoms with E-state index in [1.54, 1.807) is 42.6 Å². The van der Waals surface area contributed by atoms with E-state index in [4.69, 9.17) is 14.2 Å². The summed E-state index contributed by atoms with van der Waals surface area (Å²) in [5.41, 5.74) is 1.73. The lowest BCUT2D eigenvalue weighted by molar-refractivity contribution is -0.123. The molecule has 0 bridgehead atoms. The van der Waals surface area contributed by atoms with Crippen molar-refractivity contribution in [1.29, 1.82) is 0 Å². The fourth-order valence-corrected chi connectivity index (χ4v) is 3.38. The summed E-state index contributed by atoms with van der Waals surface area (Å²) in [5.74, 6) is -0.337. The fraction of sp³-hybridized carbons (Fsp3) is 0.292. The number of esters is 1. The van der Waals surface area contributed by atoms with Gasteiger partial charge in [-0.05, 0) is 68.3 Å². The van der Waals surface area contributed by atoms with Crippen LogP contribution in [0.2, 0.25) is 0 Å². The second-order valence-electron chi connectivity index (χ2n) is 7.38. The monoisotopic (exact) mass is 420 g/mol. The Morgan fingerprint density at radius 2 is 2.00 bits per heavy atom. The number of aromatic nitrogens is 1. The van der Waals surface area contributed by atoms with Crippen molar-refractivity contribution in [2.24, 2.45) is 0 Å². The van der Waals surface area contributed by atoms with Gasteiger partial charge >= 0.3 is 5.97 Å². The summed E-state index contributed by atoms with van der Waals surface area (Å²) in [5, 5.41) is 3.62. The molecule has 3 aromatic rings. The van der Waals surface area contributed by atoms with Gasteiger partial charge in [0, 0.05) is 18.2 Å². The van der Waals surface area contributed by atoms with Gasteiger partial charge in [-0.15, -0.1) is 0 Å². The summed E-state index contributed by atoms with van der Waals surface area (Å²) in [4.78, 5) is 29.2. The van der Waals surface area contributed by atoms with E-state index >= 15 is 0 Å². The predicted molar refractivity (Wildman–Crippen MR) is 116 cm³/mol. The molecule has 1 aromatic heterocycles. The maximum Gasteiger partial charge on any atom is 0.338 e. The van der Waals surface area contributed by atoms with Crippen molar-refractivity contribution in [3.05, 3.63) is 66.4 Å². The van der Waals surface area contributed by atoms with Crippen LogP contribution in [0.4, 0.5) is 5.69 Å². The molecule has 1 amide bonds. The van der Waals surface area contributed by atoms with Crippen molar-refractivity contribution in [3.8, 4) is 5.75 Å². The summed E-state index contributed by atoms with van der Waals surface area (Å²) in [6.45, 7) is 2.81. The normalized spacial score (nSPS) is 16.6. The molecule has 7 heteroatoms. The van der Waals surface area contributed by atoms with Gasteiger partial charge < -0.3 is 19.5 Å². The van der Waals surface area contributed by atoms with Crippen LogP contribution in [-0.4, -0.2) is 42.3 Å². The number of hydrogen-bond donors (Lipinski definition) is 1. The number of nitrogens with zero attached hydrogens (tertiary/aromatic N) is 1. The molecule has 1 aliphatic heterocycles. The first kappa shape index (κ1) is 20.8. The van der Waals surface area contributed by atoms with Gasteiger partial charge in [0.25, 0.3) is 5.91 Å². The van der Waals surface area contributed by atoms with E-state index in [0.29, 0.717) is 23.6 Å². The zero-order valence-corrected chi connectivity index (χ0v) is 17.2. The number of rotatable bonds is 7. The first-order valence-electron chi connectivity index (χ1n) is 10.3. The number of carbonyl (C=O) groups is 2. The van der Waals surface area contributed by atoms with Crippen LogP contribution in [0.15, 0.2) is 60.8 Å². The van der Waals surface area contributed by atoms with Crippen molar-refractivity contribution >= 4 is 28.5 Å². The maximum atomic E-state index is 12.5. The van der Waals surface area contributed by atoms with Crippen LogP contribution in [-0.2, 0) is 14.3 Å². The molecular formula is C24H24N2O5. The van der Waals surface area contributed by atoms with E-state index < -0.39 is 18.0 Å². The first-order chi connectivity index (χ1) is 15.1. The lowest BCUT2D eigenvalue weighted by Crippen LogP contribution is -2.30. The zero-order chi connectivity index (χ0) is 21.6. The molecule has 1 aliphatic rings. The van der Waals surface area contributed by atoms with Crippen LogP contribution in [0.5, 0.6) is 5.75 Å². The molecule has 1 fully saturated rings. The molecule has 0 spiro atoms. The van der Waals surface area contributed by atoms with E-state index in [0.717, 1.165) is 30.4 Å². The fourth-order valence-electron chi connectivity index (χ4n) is 3.38. The Balaban J connectivity index is 1.32. The average molecular weight is 420 g/mol. The molecule has 2 unspecified atom stereocenters. The van der Waals surface area contributed by atoms with Crippen LogP contribution in [0.25, 0.3) is 10.9 Å². The number of nitrogens with one attached hydrogen (secondary N) is 1. The summed E-state index contributed by atoms with van der Waals surface area (Å²) < 4.78 is 16.6. The number of carbonyl (C=O) groups excluding carboxylic acids is 2. The Morgan fingerprint density at radius 3 is 2.77 bits per heavy atom. The predicted octanol–water partition coefficient (Wildman–Crippen LogP) is 3.98. The Bertz CT molecular complexity index is 1060. The molecule has 0 radical (unpaired) electrons. The van der Waals surface area contributed by atoms with E-state index in [-0.39, 0.29) is 6.10 Å². The maximum absolute atomic E-state index is 12.5. The highest BCUT2D eigenvalue weighted by Crippen LogP contribution is 2.22. The van der Waals surface area contributed by atoms with Crippen LogP contribution < -0.4 is 10.1 Å². The van der Waals surface area contributed by atoms with E-state index in [9.17, 15) is 9.59 Å². The number of amides is 1. The molecule has 0 aliphatic carbocycles. The summed E-state index contributed by atoms with van der Waals surface area (Å²) in [7, 11) is 0. The Morgan fingerprint density at radius 1 is 1.16 bits per heavy atom. The molecule has 2 aromatic carbocycles. The SMILES string of the molecule is CC(OC(=O)c1ccc(OCC2CCCO2)cc1)C(=O)Nc1cccc2ncccc12. The highest BCUT2D eigenvalue weighted by molar-refractivity contribution is 6.03. The van der Waals surface area contributed by atoms with Gasteiger partial charge in [-0.1, -0.05) is 6.07 Å². The molecule has 1 saturated heterocycles. The van der Waals surface area contributed by atoms with E-state index in [1.807, 2.05) is 18.2 Å².